The lowest BCUT2D eigenvalue weighted by Gasteiger charge is -2.30. The van der Waals surface area contributed by atoms with Gasteiger partial charge in [-0.1, -0.05) is 18.2 Å². The second kappa shape index (κ2) is 8.02. The van der Waals surface area contributed by atoms with Crippen LogP contribution in [0.4, 0.5) is 11.4 Å². The first-order valence-electron chi connectivity index (χ1n) is 9.20. The number of thiocarbonyl (C=S) groups is 1. The average molecular weight is 395 g/mol. The van der Waals surface area contributed by atoms with E-state index in [0.29, 0.717) is 10.7 Å². The van der Waals surface area contributed by atoms with Gasteiger partial charge in [-0.15, -0.1) is 0 Å². The summed E-state index contributed by atoms with van der Waals surface area (Å²) in [5, 5.41) is 9.87. The summed E-state index contributed by atoms with van der Waals surface area (Å²) in [6.07, 6.45) is 0. The Morgan fingerprint density at radius 2 is 1.64 bits per heavy atom. The van der Waals surface area contributed by atoms with Crippen LogP contribution < -0.4 is 20.9 Å². The lowest BCUT2D eigenvalue weighted by atomic mass is 9.94. The highest BCUT2D eigenvalue weighted by Crippen LogP contribution is 2.29. The summed E-state index contributed by atoms with van der Waals surface area (Å²) in [6, 6.07) is 13.8. The van der Waals surface area contributed by atoms with Crippen molar-refractivity contribution in [3.8, 4) is 0 Å². The lowest BCUT2D eigenvalue weighted by Crippen LogP contribution is -2.45. The van der Waals surface area contributed by atoms with Gasteiger partial charge < -0.3 is 20.9 Å². The van der Waals surface area contributed by atoms with Gasteiger partial charge in [0.15, 0.2) is 5.11 Å². The van der Waals surface area contributed by atoms with Gasteiger partial charge in [0.2, 0.25) is 0 Å². The van der Waals surface area contributed by atoms with E-state index in [2.05, 4.69) is 22.0 Å². The Morgan fingerprint density at radius 3 is 2.21 bits per heavy atom. The molecule has 0 spiro atoms. The van der Waals surface area contributed by atoms with Gasteiger partial charge in [-0.2, -0.15) is 0 Å². The minimum absolute atomic E-state index is 0.147. The van der Waals surface area contributed by atoms with Crippen molar-refractivity contribution in [1.82, 2.24) is 10.6 Å². The summed E-state index contributed by atoms with van der Waals surface area (Å²) in [5.41, 5.74) is 6.48. The van der Waals surface area contributed by atoms with Crippen LogP contribution in [-0.2, 0) is 4.79 Å². The topological polar surface area (TPSA) is 56.4 Å². The molecular formula is C22H26N4OS. The van der Waals surface area contributed by atoms with E-state index in [-0.39, 0.29) is 11.9 Å². The first kappa shape index (κ1) is 19.9. The van der Waals surface area contributed by atoms with Gasteiger partial charge in [0.25, 0.3) is 5.91 Å². The molecule has 0 bridgehead atoms. The number of hydrogen-bond acceptors (Lipinski definition) is 3. The zero-order valence-corrected chi connectivity index (χ0v) is 17.7. The monoisotopic (exact) mass is 394 g/mol. The third-order valence-electron chi connectivity index (χ3n) is 4.74. The van der Waals surface area contributed by atoms with Crippen molar-refractivity contribution in [2.45, 2.75) is 26.8 Å². The SMILES string of the molecule is CC1=C(C(=O)Nc2cc(C)cc(C)c2)C(c2ccc(N(C)C)cc2)NC(=S)N1. The van der Waals surface area contributed by atoms with Gasteiger partial charge >= 0.3 is 0 Å². The van der Waals surface area contributed by atoms with Crippen LogP contribution in [0.25, 0.3) is 0 Å². The van der Waals surface area contributed by atoms with E-state index >= 15 is 0 Å². The van der Waals surface area contributed by atoms with Gasteiger partial charge in [-0.3, -0.25) is 4.79 Å². The third kappa shape index (κ3) is 4.34. The van der Waals surface area contributed by atoms with Crippen LogP contribution in [0, 0.1) is 13.8 Å². The smallest absolute Gasteiger partial charge is 0.255 e. The minimum Gasteiger partial charge on any atom is -0.378 e. The molecule has 0 radical (unpaired) electrons. The van der Waals surface area contributed by atoms with Crippen LogP contribution in [0.1, 0.15) is 29.7 Å². The fourth-order valence-electron chi connectivity index (χ4n) is 3.46. The van der Waals surface area contributed by atoms with Crippen LogP contribution in [0.5, 0.6) is 0 Å². The molecule has 5 nitrogen and oxygen atoms in total. The van der Waals surface area contributed by atoms with Crippen molar-refractivity contribution < 1.29 is 4.79 Å². The molecule has 3 N–H and O–H groups in total. The first-order chi connectivity index (χ1) is 13.2. The van der Waals surface area contributed by atoms with Gasteiger partial charge in [-0.25, -0.2) is 0 Å². The Labute approximate surface area is 171 Å². The number of benzene rings is 2. The molecule has 1 amide bonds. The van der Waals surface area contributed by atoms with E-state index in [0.717, 1.165) is 33.8 Å². The molecule has 1 aliphatic heterocycles. The number of nitrogens with zero attached hydrogens (tertiary/aromatic N) is 1. The van der Waals surface area contributed by atoms with Gasteiger partial charge in [0.1, 0.15) is 0 Å². The Morgan fingerprint density at radius 1 is 1.04 bits per heavy atom. The van der Waals surface area contributed by atoms with Crippen molar-refractivity contribution in [1.29, 1.82) is 0 Å². The molecule has 2 aromatic rings. The third-order valence-corrected chi connectivity index (χ3v) is 4.96. The molecule has 0 aliphatic carbocycles. The van der Waals surface area contributed by atoms with E-state index in [4.69, 9.17) is 12.2 Å². The molecule has 0 saturated carbocycles. The highest BCUT2D eigenvalue weighted by Gasteiger charge is 2.30. The second-order valence-corrected chi connectivity index (χ2v) is 7.79. The molecule has 0 aromatic heterocycles. The molecule has 1 aliphatic rings. The van der Waals surface area contributed by atoms with Crippen LogP contribution in [0.15, 0.2) is 53.7 Å². The summed E-state index contributed by atoms with van der Waals surface area (Å²) in [6.45, 7) is 5.92. The molecule has 0 fully saturated rings. The van der Waals surface area contributed by atoms with Crippen molar-refractivity contribution in [3.05, 3.63) is 70.4 Å². The lowest BCUT2D eigenvalue weighted by molar-refractivity contribution is -0.113. The quantitative estimate of drug-likeness (QED) is 0.689. The second-order valence-electron chi connectivity index (χ2n) is 7.39. The molecule has 1 unspecified atom stereocenters. The number of carbonyl (C=O) groups excluding carboxylic acids is 1. The maximum Gasteiger partial charge on any atom is 0.255 e. The zero-order valence-electron chi connectivity index (χ0n) is 16.9. The van der Waals surface area contributed by atoms with Gasteiger partial charge in [-0.05, 0) is 73.9 Å². The fourth-order valence-corrected chi connectivity index (χ4v) is 3.73. The van der Waals surface area contributed by atoms with Crippen molar-refractivity contribution in [3.63, 3.8) is 0 Å². The minimum atomic E-state index is -0.309. The number of anilines is 2. The number of nitrogens with one attached hydrogen (secondary N) is 3. The summed E-state index contributed by atoms with van der Waals surface area (Å²) in [5.74, 6) is -0.147. The van der Waals surface area contributed by atoms with Crippen LogP contribution in [0.2, 0.25) is 0 Å². The van der Waals surface area contributed by atoms with E-state index < -0.39 is 0 Å². The van der Waals surface area contributed by atoms with E-state index in [1.807, 2.05) is 76.2 Å². The predicted molar refractivity (Wildman–Crippen MR) is 120 cm³/mol. The van der Waals surface area contributed by atoms with E-state index in [9.17, 15) is 4.79 Å². The van der Waals surface area contributed by atoms with Crippen LogP contribution >= 0.6 is 12.2 Å². The van der Waals surface area contributed by atoms with Crippen LogP contribution in [-0.4, -0.2) is 25.1 Å². The van der Waals surface area contributed by atoms with E-state index in [1.54, 1.807) is 0 Å². The summed E-state index contributed by atoms with van der Waals surface area (Å²) >= 11 is 5.33. The first-order valence-corrected chi connectivity index (χ1v) is 9.60. The van der Waals surface area contributed by atoms with E-state index in [1.165, 1.54) is 0 Å². The molecular weight excluding hydrogens is 368 g/mol. The standard InChI is InChI=1S/C22H26N4OS/c1-13-10-14(2)12-17(11-13)24-21(27)19-15(3)23-22(28)25-20(19)16-6-8-18(9-7-16)26(4)5/h6-12,20H,1-5H3,(H,24,27)(H2,23,25,28). The summed E-state index contributed by atoms with van der Waals surface area (Å²) in [7, 11) is 4.00. The summed E-state index contributed by atoms with van der Waals surface area (Å²) in [4.78, 5) is 15.2. The Balaban J connectivity index is 1.93. The molecule has 28 heavy (non-hydrogen) atoms. The normalized spacial score (nSPS) is 16.3. The van der Waals surface area contributed by atoms with Gasteiger partial charge in [0.05, 0.1) is 11.6 Å². The molecule has 3 rings (SSSR count). The zero-order chi connectivity index (χ0) is 20.4. The van der Waals surface area contributed by atoms with Gasteiger partial charge in [0, 0.05) is 31.2 Å². The molecule has 146 valence electrons. The number of allylic oxidation sites excluding steroid dienone is 1. The molecule has 0 saturated heterocycles. The highest BCUT2D eigenvalue weighted by molar-refractivity contribution is 7.80. The largest absolute Gasteiger partial charge is 0.378 e. The Kier molecular flexibility index (Phi) is 5.70. The highest BCUT2D eigenvalue weighted by atomic mass is 32.1. The number of hydrogen-bond donors (Lipinski definition) is 3. The Hall–Kier alpha value is -2.86. The molecule has 2 aromatic carbocycles. The fraction of sp³-hybridized carbons (Fsp3) is 0.273. The van der Waals surface area contributed by atoms with Crippen molar-refractivity contribution >= 4 is 34.6 Å². The number of aryl methyl sites for hydroxylation is 2. The van der Waals surface area contributed by atoms with Crippen molar-refractivity contribution in [2.24, 2.45) is 0 Å². The molecule has 1 atom stereocenters. The average Bonchev–Trinajstić information content (AvgIpc) is 2.60. The maximum absolute atomic E-state index is 13.2. The number of amides is 1. The predicted octanol–water partition coefficient (Wildman–Crippen LogP) is 3.80. The molecule has 6 heteroatoms. The maximum atomic E-state index is 13.2. The molecule has 1 heterocycles. The number of carbonyl (C=O) groups is 1. The Bertz CT molecular complexity index is 927. The number of rotatable bonds is 4. The van der Waals surface area contributed by atoms with Crippen LogP contribution in [0.3, 0.4) is 0 Å². The summed E-state index contributed by atoms with van der Waals surface area (Å²) < 4.78 is 0. The van der Waals surface area contributed by atoms with Crippen molar-refractivity contribution in [2.75, 3.05) is 24.3 Å².